The van der Waals surface area contributed by atoms with Crippen LogP contribution in [0.1, 0.15) is 37.8 Å². The second-order valence-corrected chi connectivity index (χ2v) is 7.44. The van der Waals surface area contributed by atoms with E-state index in [2.05, 4.69) is 37.8 Å². The van der Waals surface area contributed by atoms with E-state index >= 15 is 0 Å². The van der Waals surface area contributed by atoms with Crippen molar-refractivity contribution >= 4 is 15.1 Å². The SMILES string of the molecule is C=Cc1ccccc1CCCO[SiH](CCC)COCC. The van der Waals surface area contributed by atoms with Crippen molar-refractivity contribution in [2.24, 2.45) is 0 Å². The summed E-state index contributed by atoms with van der Waals surface area (Å²) in [6, 6.07) is 9.66. The third-order valence-electron chi connectivity index (χ3n) is 3.34. The molecule has 1 atom stereocenters. The molecule has 0 saturated carbocycles. The van der Waals surface area contributed by atoms with Crippen LogP contribution in [0.15, 0.2) is 30.8 Å². The molecule has 20 heavy (non-hydrogen) atoms. The van der Waals surface area contributed by atoms with Gasteiger partial charge in [0.05, 0.1) is 6.23 Å². The molecular formula is C17H28O2Si. The number of aryl methyl sites for hydroxylation is 1. The predicted molar refractivity (Wildman–Crippen MR) is 89.5 cm³/mol. The van der Waals surface area contributed by atoms with Gasteiger partial charge >= 0.3 is 0 Å². The standard InChI is InChI=1S/C17H28O2Si/c1-4-14-20(15-18-6-3)19-13-9-12-17-11-8-7-10-16(17)5-2/h5,7-8,10-11,20H,2,4,6,9,12-15H2,1,3H3. The summed E-state index contributed by atoms with van der Waals surface area (Å²) in [5, 5.41) is 0. The van der Waals surface area contributed by atoms with Gasteiger partial charge in [0.2, 0.25) is 9.04 Å². The molecule has 0 aromatic heterocycles. The molecule has 1 rings (SSSR count). The van der Waals surface area contributed by atoms with Crippen LogP contribution in [0.5, 0.6) is 0 Å². The molecule has 0 spiro atoms. The minimum atomic E-state index is -1.14. The van der Waals surface area contributed by atoms with Gasteiger partial charge in [-0.3, -0.25) is 0 Å². The first-order chi connectivity index (χ1) is 9.81. The van der Waals surface area contributed by atoms with Gasteiger partial charge < -0.3 is 9.16 Å². The van der Waals surface area contributed by atoms with E-state index < -0.39 is 9.04 Å². The van der Waals surface area contributed by atoms with Crippen molar-refractivity contribution in [1.29, 1.82) is 0 Å². The van der Waals surface area contributed by atoms with Crippen LogP contribution in [0.2, 0.25) is 6.04 Å². The molecule has 0 saturated heterocycles. The molecule has 112 valence electrons. The number of ether oxygens (including phenoxy) is 1. The maximum absolute atomic E-state index is 6.07. The number of hydrogen-bond donors (Lipinski definition) is 0. The monoisotopic (exact) mass is 292 g/mol. The molecule has 0 aliphatic heterocycles. The molecule has 0 aliphatic rings. The Bertz CT molecular complexity index is 379. The summed E-state index contributed by atoms with van der Waals surface area (Å²) in [5.74, 6) is 0. The lowest BCUT2D eigenvalue weighted by Gasteiger charge is -2.15. The maximum Gasteiger partial charge on any atom is 0.202 e. The summed E-state index contributed by atoms with van der Waals surface area (Å²) in [6.45, 7) is 9.78. The molecule has 1 aromatic rings. The smallest absolute Gasteiger partial charge is 0.202 e. The number of hydrogen-bond acceptors (Lipinski definition) is 2. The van der Waals surface area contributed by atoms with Crippen molar-refractivity contribution in [2.75, 3.05) is 19.4 Å². The van der Waals surface area contributed by atoms with E-state index in [-0.39, 0.29) is 0 Å². The van der Waals surface area contributed by atoms with Crippen molar-refractivity contribution in [2.45, 2.75) is 39.2 Å². The van der Waals surface area contributed by atoms with Gasteiger partial charge in [-0.15, -0.1) is 0 Å². The first kappa shape index (κ1) is 17.1. The molecule has 0 amide bonds. The zero-order chi connectivity index (χ0) is 14.6. The fraction of sp³-hybridized carbons (Fsp3) is 0.529. The van der Waals surface area contributed by atoms with E-state index in [0.717, 1.165) is 32.3 Å². The molecule has 1 aromatic carbocycles. The fourth-order valence-electron chi connectivity index (χ4n) is 2.26. The summed E-state index contributed by atoms with van der Waals surface area (Å²) in [4.78, 5) is 0. The van der Waals surface area contributed by atoms with E-state index in [1.165, 1.54) is 23.6 Å². The summed E-state index contributed by atoms with van der Waals surface area (Å²) in [7, 11) is -1.14. The molecule has 0 N–H and O–H groups in total. The molecule has 0 heterocycles. The lowest BCUT2D eigenvalue weighted by atomic mass is 10.0. The van der Waals surface area contributed by atoms with Crippen LogP contribution in [-0.4, -0.2) is 28.5 Å². The van der Waals surface area contributed by atoms with Gasteiger partial charge in [-0.2, -0.15) is 0 Å². The van der Waals surface area contributed by atoms with Crippen molar-refractivity contribution in [1.82, 2.24) is 0 Å². The molecule has 0 aliphatic carbocycles. The molecule has 0 fully saturated rings. The average molecular weight is 292 g/mol. The Morgan fingerprint density at radius 3 is 2.75 bits per heavy atom. The average Bonchev–Trinajstić information content (AvgIpc) is 2.49. The van der Waals surface area contributed by atoms with Gasteiger partial charge in [0.15, 0.2) is 0 Å². The van der Waals surface area contributed by atoms with Gasteiger partial charge in [-0.25, -0.2) is 0 Å². The normalized spacial score (nSPS) is 12.3. The van der Waals surface area contributed by atoms with Crippen molar-refractivity contribution in [3.63, 3.8) is 0 Å². The van der Waals surface area contributed by atoms with Gasteiger partial charge in [-0.05, 0) is 36.9 Å². The van der Waals surface area contributed by atoms with Crippen LogP contribution in [-0.2, 0) is 15.6 Å². The zero-order valence-electron chi connectivity index (χ0n) is 12.9. The second-order valence-electron chi connectivity index (χ2n) is 4.95. The molecule has 2 nitrogen and oxygen atoms in total. The lowest BCUT2D eigenvalue weighted by molar-refractivity contribution is 0.170. The van der Waals surface area contributed by atoms with Gasteiger partial charge in [0, 0.05) is 13.2 Å². The Morgan fingerprint density at radius 1 is 1.25 bits per heavy atom. The first-order valence-electron chi connectivity index (χ1n) is 7.71. The third-order valence-corrected chi connectivity index (χ3v) is 5.87. The van der Waals surface area contributed by atoms with Crippen molar-refractivity contribution in [3.8, 4) is 0 Å². The highest BCUT2D eigenvalue weighted by atomic mass is 28.3. The highest BCUT2D eigenvalue weighted by molar-refractivity contribution is 6.51. The molecular weight excluding hydrogens is 264 g/mol. The molecule has 1 unspecified atom stereocenters. The Kier molecular flexibility index (Phi) is 9.29. The van der Waals surface area contributed by atoms with Crippen LogP contribution in [0, 0.1) is 0 Å². The van der Waals surface area contributed by atoms with Crippen LogP contribution >= 0.6 is 0 Å². The minimum absolute atomic E-state index is 0.795. The fourth-order valence-corrected chi connectivity index (χ4v) is 4.33. The predicted octanol–water partition coefficient (Wildman–Crippen LogP) is 3.99. The Morgan fingerprint density at radius 2 is 2.05 bits per heavy atom. The van der Waals surface area contributed by atoms with Gasteiger partial charge in [-0.1, -0.05) is 50.3 Å². The highest BCUT2D eigenvalue weighted by Gasteiger charge is 2.10. The largest absolute Gasteiger partial charge is 0.418 e. The zero-order valence-corrected chi connectivity index (χ0v) is 14.1. The summed E-state index contributed by atoms with van der Waals surface area (Å²) >= 11 is 0. The summed E-state index contributed by atoms with van der Waals surface area (Å²) in [6.07, 6.45) is 6.12. The van der Waals surface area contributed by atoms with Gasteiger partial charge in [0.1, 0.15) is 0 Å². The van der Waals surface area contributed by atoms with E-state index in [9.17, 15) is 0 Å². The third kappa shape index (κ3) is 6.50. The topological polar surface area (TPSA) is 18.5 Å². The Labute approximate surface area is 125 Å². The van der Waals surface area contributed by atoms with E-state index in [1.54, 1.807) is 0 Å². The second kappa shape index (κ2) is 10.8. The lowest BCUT2D eigenvalue weighted by Crippen LogP contribution is -2.25. The van der Waals surface area contributed by atoms with Crippen LogP contribution in [0.4, 0.5) is 0 Å². The van der Waals surface area contributed by atoms with E-state index in [1.807, 2.05) is 13.0 Å². The maximum atomic E-state index is 6.07. The van der Waals surface area contributed by atoms with Gasteiger partial charge in [0.25, 0.3) is 0 Å². The molecule has 3 heteroatoms. The minimum Gasteiger partial charge on any atom is -0.418 e. The van der Waals surface area contributed by atoms with Crippen molar-refractivity contribution in [3.05, 3.63) is 42.0 Å². The van der Waals surface area contributed by atoms with E-state index in [0.29, 0.717) is 0 Å². The summed E-state index contributed by atoms with van der Waals surface area (Å²) in [5.41, 5.74) is 2.61. The van der Waals surface area contributed by atoms with Crippen LogP contribution in [0.3, 0.4) is 0 Å². The van der Waals surface area contributed by atoms with Crippen LogP contribution < -0.4 is 0 Å². The Hall–Kier alpha value is -0.903. The molecule has 0 bridgehead atoms. The summed E-state index contributed by atoms with van der Waals surface area (Å²) < 4.78 is 11.6. The number of rotatable bonds is 11. The van der Waals surface area contributed by atoms with Crippen LogP contribution in [0.25, 0.3) is 6.08 Å². The van der Waals surface area contributed by atoms with Crippen molar-refractivity contribution < 1.29 is 9.16 Å². The Balaban J connectivity index is 2.30. The quantitative estimate of drug-likeness (QED) is 0.453. The highest BCUT2D eigenvalue weighted by Crippen LogP contribution is 2.12. The first-order valence-corrected chi connectivity index (χ1v) is 9.81. The number of benzene rings is 1. The molecule has 0 radical (unpaired) electrons. The van der Waals surface area contributed by atoms with E-state index in [4.69, 9.17) is 9.16 Å².